The lowest BCUT2D eigenvalue weighted by Gasteiger charge is -2.42. The lowest BCUT2D eigenvalue weighted by atomic mass is 9.76. The van der Waals surface area contributed by atoms with Gasteiger partial charge in [-0.1, -0.05) is 13.8 Å². The van der Waals surface area contributed by atoms with Crippen LogP contribution >= 0.6 is 0 Å². The highest BCUT2D eigenvalue weighted by atomic mass is 19.4. The molecule has 2 heterocycles. The van der Waals surface area contributed by atoms with Crippen molar-refractivity contribution < 1.29 is 36.2 Å². The number of hydrogen-bond acceptors (Lipinski definition) is 4. The standard InChI is InChI=1S/C15H18F6N2O2.C2H6/c1-23-6-4-13(24,5-7-23)11(8-14(16,17)18)12-3-2-10(9-22-12)25-15(19,20)21;1-2/h2-3,9,11,24H,4-8H2,1H3;1-2H3. The van der Waals surface area contributed by atoms with E-state index in [0.29, 0.717) is 19.3 Å². The molecule has 1 fully saturated rings. The number of aliphatic hydroxyl groups is 1. The zero-order valence-electron chi connectivity index (χ0n) is 15.4. The van der Waals surface area contributed by atoms with E-state index in [2.05, 4.69) is 9.72 Å². The van der Waals surface area contributed by atoms with Crippen molar-refractivity contribution in [3.05, 3.63) is 24.0 Å². The molecule has 0 aliphatic carbocycles. The molecule has 156 valence electrons. The van der Waals surface area contributed by atoms with Gasteiger partial charge in [0.2, 0.25) is 0 Å². The SMILES string of the molecule is CC.CN1CCC(O)(C(CC(F)(F)F)c2ccc(OC(F)(F)F)cn2)CC1. The van der Waals surface area contributed by atoms with Gasteiger partial charge < -0.3 is 14.7 Å². The van der Waals surface area contributed by atoms with Crippen molar-refractivity contribution in [3.63, 3.8) is 0 Å². The Morgan fingerprint density at radius 2 is 1.70 bits per heavy atom. The summed E-state index contributed by atoms with van der Waals surface area (Å²) in [5.41, 5.74) is -1.74. The minimum absolute atomic E-state index is 0.112. The van der Waals surface area contributed by atoms with E-state index < -0.39 is 36.2 Å². The van der Waals surface area contributed by atoms with Crippen LogP contribution in [-0.2, 0) is 0 Å². The van der Waals surface area contributed by atoms with E-state index in [1.807, 2.05) is 18.7 Å². The van der Waals surface area contributed by atoms with Gasteiger partial charge in [-0.25, -0.2) is 0 Å². The van der Waals surface area contributed by atoms with E-state index >= 15 is 0 Å². The Labute approximate surface area is 154 Å². The predicted octanol–water partition coefficient (Wildman–Crippen LogP) is 4.50. The molecular formula is C17H24F6N2O2. The average molecular weight is 402 g/mol. The number of aromatic nitrogens is 1. The topological polar surface area (TPSA) is 45.6 Å². The van der Waals surface area contributed by atoms with E-state index in [1.54, 1.807) is 7.05 Å². The predicted molar refractivity (Wildman–Crippen MR) is 87.4 cm³/mol. The van der Waals surface area contributed by atoms with Crippen LogP contribution in [0.4, 0.5) is 26.3 Å². The van der Waals surface area contributed by atoms with Crippen molar-refractivity contribution >= 4 is 0 Å². The van der Waals surface area contributed by atoms with Crippen LogP contribution in [0.15, 0.2) is 18.3 Å². The molecule has 1 aromatic heterocycles. The Morgan fingerprint density at radius 1 is 1.15 bits per heavy atom. The smallest absolute Gasteiger partial charge is 0.404 e. The van der Waals surface area contributed by atoms with Crippen molar-refractivity contribution in [1.82, 2.24) is 9.88 Å². The van der Waals surface area contributed by atoms with Gasteiger partial charge in [-0.15, -0.1) is 13.2 Å². The molecule has 0 aromatic carbocycles. The number of piperidine rings is 1. The maximum atomic E-state index is 13.0. The largest absolute Gasteiger partial charge is 0.573 e. The molecule has 1 aromatic rings. The van der Waals surface area contributed by atoms with Gasteiger partial charge in [0, 0.05) is 24.7 Å². The van der Waals surface area contributed by atoms with Crippen molar-refractivity contribution in [2.45, 2.75) is 57.2 Å². The molecule has 1 aliphatic heterocycles. The molecule has 27 heavy (non-hydrogen) atoms. The van der Waals surface area contributed by atoms with Crippen LogP contribution in [0, 0.1) is 0 Å². The fourth-order valence-electron chi connectivity index (χ4n) is 2.95. The molecule has 2 rings (SSSR count). The van der Waals surface area contributed by atoms with E-state index in [-0.39, 0.29) is 18.5 Å². The summed E-state index contributed by atoms with van der Waals surface area (Å²) < 4.78 is 79.1. The molecule has 1 atom stereocenters. The molecule has 0 saturated carbocycles. The second kappa shape index (κ2) is 9.09. The van der Waals surface area contributed by atoms with Gasteiger partial charge >= 0.3 is 12.5 Å². The summed E-state index contributed by atoms with van der Waals surface area (Å²) in [6.07, 6.45) is -9.82. The zero-order chi connectivity index (χ0) is 20.9. The van der Waals surface area contributed by atoms with Gasteiger partial charge in [0.1, 0.15) is 5.75 Å². The highest BCUT2D eigenvalue weighted by Crippen LogP contribution is 2.43. The summed E-state index contributed by atoms with van der Waals surface area (Å²) in [6, 6.07) is 1.94. The van der Waals surface area contributed by atoms with E-state index in [1.165, 1.54) is 0 Å². The van der Waals surface area contributed by atoms with Gasteiger partial charge in [0.15, 0.2) is 0 Å². The van der Waals surface area contributed by atoms with Crippen LogP contribution in [-0.4, -0.2) is 53.3 Å². The van der Waals surface area contributed by atoms with E-state index in [4.69, 9.17) is 0 Å². The number of likely N-dealkylation sites (tertiary alicyclic amines) is 1. The molecule has 0 spiro atoms. The molecular weight excluding hydrogens is 378 g/mol. The number of ether oxygens (including phenoxy) is 1. The molecule has 1 aliphatic rings. The zero-order valence-corrected chi connectivity index (χ0v) is 15.4. The van der Waals surface area contributed by atoms with E-state index in [0.717, 1.165) is 12.1 Å². The highest BCUT2D eigenvalue weighted by molar-refractivity contribution is 5.24. The van der Waals surface area contributed by atoms with Crippen LogP contribution in [0.3, 0.4) is 0 Å². The number of pyridine rings is 1. The third-order valence-electron chi connectivity index (χ3n) is 4.29. The normalized spacial score (nSPS) is 19.0. The Hall–Kier alpha value is -1.55. The fraction of sp³-hybridized carbons (Fsp3) is 0.706. The number of rotatable bonds is 4. The summed E-state index contributed by atoms with van der Waals surface area (Å²) in [5, 5.41) is 10.7. The van der Waals surface area contributed by atoms with Crippen molar-refractivity contribution in [3.8, 4) is 5.75 Å². The van der Waals surface area contributed by atoms with Crippen molar-refractivity contribution in [2.75, 3.05) is 20.1 Å². The summed E-state index contributed by atoms with van der Waals surface area (Å²) in [5.74, 6) is -1.99. The summed E-state index contributed by atoms with van der Waals surface area (Å²) in [6.45, 7) is 4.83. The number of hydrogen-bond donors (Lipinski definition) is 1. The quantitative estimate of drug-likeness (QED) is 0.754. The first kappa shape index (κ1) is 23.5. The number of halogens is 6. The number of nitrogens with zero attached hydrogens (tertiary/aromatic N) is 2. The molecule has 0 radical (unpaired) electrons. The third-order valence-corrected chi connectivity index (χ3v) is 4.29. The minimum atomic E-state index is -4.92. The van der Waals surface area contributed by atoms with Crippen LogP contribution in [0.1, 0.15) is 44.7 Å². The lowest BCUT2D eigenvalue weighted by Crippen LogP contribution is -2.48. The Morgan fingerprint density at radius 3 is 2.11 bits per heavy atom. The molecule has 1 saturated heterocycles. The number of alkyl halides is 6. The van der Waals surface area contributed by atoms with E-state index in [9.17, 15) is 31.4 Å². The highest BCUT2D eigenvalue weighted by Gasteiger charge is 2.46. The van der Waals surface area contributed by atoms with Gasteiger partial charge in [0.25, 0.3) is 0 Å². The van der Waals surface area contributed by atoms with Gasteiger partial charge in [-0.2, -0.15) is 13.2 Å². The van der Waals surface area contributed by atoms with Crippen LogP contribution < -0.4 is 4.74 Å². The van der Waals surface area contributed by atoms with Crippen molar-refractivity contribution in [1.29, 1.82) is 0 Å². The average Bonchev–Trinajstić information content (AvgIpc) is 2.56. The summed E-state index contributed by atoms with van der Waals surface area (Å²) >= 11 is 0. The molecule has 4 nitrogen and oxygen atoms in total. The summed E-state index contributed by atoms with van der Waals surface area (Å²) in [7, 11) is 1.79. The van der Waals surface area contributed by atoms with Gasteiger partial charge in [-0.05, 0) is 32.0 Å². The summed E-state index contributed by atoms with van der Waals surface area (Å²) in [4.78, 5) is 5.57. The molecule has 10 heteroatoms. The second-order valence-electron chi connectivity index (χ2n) is 6.25. The monoisotopic (exact) mass is 402 g/mol. The molecule has 1 unspecified atom stereocenters. The lowest BCUT2D eigenvalue weighted by molar-refractivity contribution is -0.274. The molecule has 0 bridgehead atoms. The first-order valence-electron chi connectivity index (χ1n) is 8.57. The molecule has 0 amide bonds. The van der Waals surface area contributed by atoms with Crippen LogP contribution in [0.2, 0.25) is 0 Å². The maximum Gasteiger partial charge on any atom is 0.573 e. The fourth-order valence-corrected chi connectivity index (χ4v) is 2.95. The first-order chi connectivity index (χ1) is 12.4. The Balaban J connectivity index is 0.00000176. The Kier molecular flexibility index (Phi) is 7.91. The van der Waals surface area contributed by atoms with Gasteiger partial charge in [-0.3, -0.25) is 4.98 Å². The Bertz CT molecular complexity index is 566. The molecule has 1 N–H and O–H groups in total. The maximum absolute atomic E-state index is 13.0. The third kappa shape index (κ3) is 7.53. The van der Waals surface area contributed by atoms with Crippen LogP contribution in [0.25, 0.3) is 0 Å². The van der Waals surface area contributed by atoms with Gasteiger partial charge in [0.05, 0.1) is 18.2 Å². The minimum Gasteiger partial charge on any atom is -0.404 e. The van der Waals surface area contributed by atoms with Crippen LogP contribution in [0.5, 0.6) is 5.75 Å². The second-order valence-corrected chi connectivity index (χ2v) is 6.25. The first-order valence-corrected chi connectivity index (χ1v) is 8.57. The van der Waals surface area contributed by atoms with Crippen molar-refractivity contribution in [2.24, 2.45) is 0 Å².